The lowest BCUT2D eigenvalue weighted by Crippen LogP contribution is -2.33. The number of hydrogen-bond acceptors (Lipinski definition) is 1. The van der Waals surface area contributed by atoms with Crippen molar-refractivity contribution in [3.8, 4) is 0 Å². The number of urea groups is 1. The predicted molar refractivity (Wildman–Crippen MR) is 123 cm³/mol. The van der Waals surface area contributed by atoms with Crippen LogP contribution in [0.3, 0.4) is 0 Å². The Balaban J connectivity index is 1.74. The minimum Gasteiger partial charge on any atom is -0.337 e. The first-order chi connectivity index (χ1) is 13.9. The SMILES string of the molecule is CC(c1ccc(Cl)cc1)C(CNC(=O)Nc1ccc(Cl)cc1)c1ccc(Cl)cc1. The van der Waals surface area contributed by atoms with E-state index in [0.29, 0.717) is 27.3 Å². The van der Waals surface area contributed by atoms with Gasteiger partial charge < -0.3 is 10.6 Å². The van der Waals surface area contributed by atoms with Crippen LogP contribution in [-0.4, -0.2) is 12.6 Å². The summed E-state index contributed by atoms with van der Waals surface area (Å²) in [5, 5.41) is 7.80. The van der Waals surface area contributed by atoms with Gasteiger partial charge in [-0.3, -0.25) is 0 Å². The topological polar surface area (TPSA) is 41.1 Å². The minimum absolute atomic E-state index is 0.0596. The van der Waals surface area contributed by atoms with E-state index in [9.17, 15) is 4.79 Å². The van der Waals surface area contributed by atoms with E-state index in [1.54, 1.807) is 24.3 Å². The van der Waals surface area contributed by atoms with E-state index in [-0.39, 0.29) is 17.9 Å². The predicted octanol–water partition coefficient (Wildman–Crippen LogP) is 7.36. The second-order valence-electron chi connectivity index (χ2n) is 6.84. The summed E-state index contributed by atoms with van der Waals surface area (Å²) < 4.78 is 0. The van der Waals surface area contributed by atoms with Crippen LogP contribution in [0.4, 0.5) is 10.5 Å². The van der Waals surface area contributed by atoms with Crippen LogP contribution >= 0.6 is 34.8 Å². The summed E-state index contributed by atoms with van der Waals surface area (Å²) >= 11 is 18.0. The summed E-state index contributed by atoms with van der Waals surface area (Å²) in [5.74, 6) is 0.216. The number of amides is 2. The first kappa shape index (κ1) is 21.5. The molecule has 2 unspecified atom stereocenters. The molecule has 6 heteroatoms. The van der Waals surface area contributed by atoms with Gasteiger partial charge in [0, 0.05) is 33.2 Å². The molecule has 2 atom stereocenters. The Labute approximate surface area is 186 Å². The van der Waals surface area contributed by atoms with Gasteiger partial charge >= 0.3 is 6.03 Å². The maximum atomic E-state index is 12.4. The highest BCUT2D eigenvalue weighted by Gasteiger charge is 2.22. The average molecular weight is 448 g/mol. The summed E-state index contributed by atoms with van der Waals surface area (Å²) in [4.78, 5) is 12.4. The number of hydrogen-bond donors (Lipinski definition) is 2. The molecule has 3 aromatic carbocycles. The average Bonchev–Trinajstić information content (AvgIpc) is 2.71. The van der Waals surface area contributed by atoms with Crippen molar-refractivity contribution in [2.75, 3.05) is 11.9 Å². The zero-order valence-electron chi connectivity index (χ0n) is 15.8. The largest absolute Gasteiger partial charge is 0.337 e. The van der Waals surface area contributed by atoms with Crippen molar-refractivity contribution in [3.05, 3.63) is 99.0 Å². The molecule has 0 aliphatic heterocycles. The molecule has 0 aromatic heterocycles. The number of rotatable bonds is 6. The molecule has 3 nitrogen and oxygen atoms in total. The first-order valence-corrected chi connectivity index (χ1v) is 10.4. The molecule has 0 saturated carbocycles. The maximum absolute atomic E-state index is 12.4. The number of carbonyl (C=O) groups is 1. The third-order valence-electron chi connectivity index (χ3n) is 4.88. The normalized spacial score (nSPS) is 12.8. The molecule has 0 fully saturated rings. The van der Waals surface area contributed by atoms with Gasteiger partial charge in [0.2, 0.25) is 0 Å². The summed E-state index contributed by atoms with van der Waals surface area (Å²) in [6.45, 7) is 2.60. The van der Waals surface area contributed by atoms with Crippen molar-refractivity contribution >= 4 is 46.5 Å². The fraction of sp³-hybridized carbons (Fsp3) is 0.174. The van der Waals surface area contributed by atoms with E-state index in [4.69, 9.17) is 34.8 Å². The molecule has 2 N–H and O–H groups in total. The summed E-state index contributed by atoms with van der Waals surface area (Å²) in [5.41, 5.74) is 2.93. The summed E-state index contributed by atoms with van der Waals surface area (Å²) in [6, 6.07) is 22.2. The van der Waals surface area contributed by atoms with Crippen LogP contribution in [0.15, 0.2) is 72.8 Å². The van der Waals surface area contributed by atoms with Crippen molar-refractivity contribution in [3.63, 3.8) is 0 Å². The molecule has 0 aliphatic carbocycles. The number of nitrogens with one attached hydrogen (secondary N) is 2. The number of anilines is 1. The van der Waals surface area contributed by atoms with Crippen LogP contribution in [0.1, 0.15) is 29.9 Å². The molecule has 3 rings (SSSR count). The smallest absolute Gasteiger partial charge is 0.319 e. The Morgan fingerprint density at radius 2 is 1.21 bits per heavy atom. The lowest BCUT2D eigenvalue weighted by molar-refractivity contribution is 0.251. The van der Waals surface area contributed by atoms with Crippen LogP contribution in [0.25, 0.3) is 0 Å². The quantitative estimate of drug-likeness (QED) is 0.407. The molecule has 2 amide bonds. The third-order valence-corrected chi connectivity index (χ3v) is 5.64. The van der Waals surface area contributed by atoms with Crippen molar-refractivity contribution in [2.45, 2.75) is 18.8 Å². The number of halogens is 3. The van der Waals surface area contributed by atoms with Crippen molar-refractivity contribution < 1.29 is 4.79 Å². The Morgan fingerprint density at radius 1 is 0.759 bits per heavy atom. The highest BCUT2D eigenvalue weighted by Crippen LogP contribution is 2.33. The Morgan fingerprint density at radius 3 is 1.72 bits per heavy atom. The molecule has 0 saturated heterocycles. The molecule has 0 aliphatic rings. The molecule has 0 radical (unpaired) electrons. The molecule has 0 heterocycles. The van der Waals surface area contributed by atoms with Gasteiger partial charge in [0.25, 0.3) is 0 Å². The van der Waals surface area contributed by atoms with Gasteiger partial charge in [-0.05, 0) is 65.6 Å². The Hall–Kier alpha value is -2.20. The van der Waals surface area contributed by atoms with Gasteiger partial charge in [0.15, 0.2) is 0 Å². The third kappa shape index (κ3) is 6.14. The minimum atomic E-state index is -0.269. The van der Waals surface area contributed by atoms with Gasteiger partial charge in [-0.15, -0.1) is 0 Å². The van der Waals surface area contributed by atoms with Crippen LogP contribution in [0, 0.1) is 0 Å². The molecule has 29 heavy (non-hydrogen) atoms. The van der Waals surface area contributed by atoms with E-state index < -0.39 is 0 Å². The molecule has 3 aromatic rings. The van der Waals surface area contributed by atoms with Gasteiger partial charge in [0.1, 0.15) is 0 Å². The summed E-state index contributed by atoms with van der Waals surface area (Å²) in [6.07, 6.45) is 0. The van der Waals surface area contributed by atoms with Crippen LogP contribution in [0.2, 0.25) is 15.1 Å². The van der Waals surface area contributed by atoms with E-state index in [1.807, 2.05) is 48.5 Å². The van der Waals surface area contributed by atoms with Crippen LogP contribution in [0.5, 0.6) is 0 Å². The lowest BCUT2D eigenvalue weighted by Gasteiger charge is -2.25. The Bertz CT molecular complexity index is 941. The lowest BCUT2D eigenvalue weighted by atomic mass is 9.82. The van der Waals surface area contributed by atoms with Crippen molar-refractivity contribution in [1.29, 1.82) is 0 Å². The van der Waals surface area contributed by atoms with Crippen LogP contribution < -0.4 is 10.6 Å². The fourth-order valence-electron chi connectivity index (χ4n) is 3.20. The second-order valence-corrected chi connectivity index (χ2v) is 8.15. The monoisotopic (exact) mass is 446 g/mol. The number of benzene rings is 3. The number of carbonyl (C=O) groups excluding carboxylic acids is 1. The highest BCUT2D eigenvalue weighted by atomic mass is 35.5. The maximum Gasteiger partial charge on any atom is 0.319 e. The van der Waals surface area contributed by atoms with E-state index in [2.05, 4.69) is 17.6 Å². The molecule has 0 spiro atoms. The van der Waals surface area contributed by atoms with E-state index in [0.717, 1.165) is 11.1 Å². The Kier molecular flexibility index (Phi) is 7.43. The molecule has 0 bridgehead atoms. The highest BCUT2D eigenvalue weighted by molar-refractivity contribution is 6.31. The van der Waals surface area contributed by atoms with Gasteiger partial charge in [-0.2, -0.15) is 0 Å². The van der Waals surface area contributed by atoms with Crippen LogP contribution in [-0.2, 0) is 0 Å². The first-order valence-electron chi connectivity index (χ1n) is 9.24. The summed E-state index contributed by atoms with van der Waals surface area (Å²) in [7, 11) is 0. The van der Waals surface area contributed by atoms with Crippen molar-refractivity contribution in [2.24, 2.45) is 0 Å². The fourth-order valence-corrected chi connectivity index (χ4v) is 3.58. The molecular weight excluding hydrogens is 427 g/mol. The second kappa shape index (κ2) is 10.0. The zero-order chi connectivity index (χ0) is 20.8. The zero-order valence-corrected chi connectivity index (χ0v) is 18.1. The molecule has 150 valence electrons. The standard InChI is InChI=1S/C23H21Cl3N2O/c1-15(16-2-6-18(24)7-3-16)22(17-4-8-19(25)9-5-17)14-27-23(29)28-21-12-10-20(26)11-13-21/h2-13,15,22H,14H2,1H3,(H2,27,28,29). The van der Waals surface area contributed by atoms with Gasteiger partial charge in [-0.25, -0.2) is 4.79 Å². The van der Waals surface area contributed by atoms with E-state index >= 15 is 0 Å². The van der Waals surface area contributed by atoms with Crippen molar-refractivity contribution in [1.82, 2.24) is 5.32 Å². The van der Waals surface area contributed by atoms with E-state index in [1.165, 1.54) is 0 Å². The van der Waals surface area contributed by atoms with Gasteiger partial charge in [-0.1, -0.05) is 66.0 Å². The molecular formula is C23H21Cl3N2O. The van der Waals surface area contributed by atoms with Gasteiger partial charge in [0.05, 0.1) is 0 Å².